The largest absolute Gasteiger partial charge is 0.379 e. The molecule has 9 nitrogen and oxygen atoms in total. The van der Waals surface area contributed by atoms with Crippen LogP contribution in [0.25, 0.3) is 5.69 Å². The summed E-state index contributed by atoms with van der Waals surface area (Å²) in [7, 11) is -3.69. The van der Waals surface area contributed by atoms with Gasteiger partial charge in [-0.05, 0) is 67.8 Å². The molecule has 2 aromatic carbocycles. The first-order valence-corrected chi connectivity index (χ1v) is 13.3. The average Bonchev–Trinajstić information content (AvgIpc) is 3.45. The molecule has 5 rings (SSSR count). The Kier molecular flexibility index (Phi) is 6.85. The number of amides is 1. The number of sulfonamides is 1. The maximum atomic E-state index is 13.3. The fraction of sp³-hybridized carbons (Fsp3) is 0.360. The predicted molar refractivity (Wildman–Crippen MR) is 134 cm³/mol. The summed E-state index contributed by atoms with van der Waals surface area (Å²) in [5.41, 5.74) is 2.67. The normalized spacial score (nSPS) is 17.3. The van der Waals surface area contributed by atoms with Crippen molar-refractivity contribution in [3.63, 3.8) is 0 Å². The number of carbonyl (C=O) groups is 1. The Morgan fingerprint density at radius 3 is 2.37 bits per heavy atom. The molecule has 2 saturated heterocycles. The highest BCUT2D eigenvalue weighted by Gasteiger charge is 2.28. The molecule has 184 valence electrons. The first-order valence-electron chi connectivity index (χ1n) is 11.9. The van der Waals surface area contributed by atoms with Crippen molar-refractivity contribution < 1.29 is 17.9 Å². The molecule has 0 bridgehead atoms. The number of hydrogen-bond acceptors (Lipinski definition) is 6. The second kappa shape index (κ2) is 10.2. The molecule has 2 aliphatic heterocycles. The third-order valence-electron chi connectivity index (χ3n) is 6.42. The van der Waals surface area contributed by atoms with Gasteiger partial charge < -0.3 is 15.0 Å². The van der Waals surface area contributed by atoms with E-state index in [-0.39, 0.29) is 10.8 Å². The summed E-state index contributed by atoms with van der Waals surface area (Å²) >= 11 is 0. The molecule has 1 aromatic heterocycles. The fourth-order valence-corrected chi connectivity index (χ4v) is 5.94. The lowest BCUT2D eigenvalue weighted by atomic mass is 10.1. The Morgan fingerprint density at radius 1 is 0.943 bits per heavy atom. The van der Waals surface area contributed by atoms with Crippen molar-refractivity contribution in [1.82, 2.24) is 14.1 Å². The molecule has 0 saturated carbocycles. The van der Waals surface area contributed by atoms with Gasteiger partial charge >= 0.3 is 0 Å². The van der Waals surface area contributed by atoms with E-state index in [1.165, 1.54) is 10.7 Å². The second-order valence-corrected chi connectivity index (χ2v) is 10.6. The van der Waals surface area contributed by atoms with Crippen LogP contribution in [0.4, 0.5) is 11.4 Å². The SMILES string of the molecule is O=C(Nc1cc(S(=O)(=O)N2CCOCC2)ccc1N1CCCCC1)c1ccc(-n2cccn2)cc1. The van der Waals surface area contributed by atoms with Crippen molar-refractivity contribution in [2.24, 2.45) is 0 Å². The number of morpholine rings is 1. The molecule has 10 heteroatoms. The van der Waals surface area contributed by atoms with Gasteiger partial charge in [0.25, 0.3) is 5.91 Å². The number of nitrogens with zero attached hydrogens (tertiary/aromatic N) is 4. The Bertz CT molecular complexity index is 1260. The molecule has 3 aromatic rings. The lowest BCUT2D eigenvalue weighted by Crippen LogP contribution is -2.40. The summed E-state index contributed by atoms with van der Waals surface area (Å²) in [4.78, 5) is 15.6. The van der Waals surface area contributed by atoms with Crippen molar-refractivity contribution >= 4 is 27.3 Å². The van der Waals surface area contributed by atoms with E-state index in [9.17, 15) is 13.2 Å². The quantitative estimate of drug-likeness (QED) is 0.564. The summed E-state index contributed by atoms with van der Waals surface area (Å²) in [6.07, 6.45) is 6.83. The van der Waals surface area contributed by atoms with Crippen LogP contribution < -0.4 is 10.2 Å². The molecule has 0 atom stereocenters. The summed E-state index contributed by atoms with van der Waals surface area (Å²) in [5, 5.41) is 7.19. The van der Waals surface area contributed by atoms with Crippen molar-refractivity contribution in [3.05, 3.63) is 66.5 Å². The highest BCUT2D eigenvalue weighted by molar-refractivity contribution is 7.89. The summed E-state index contributed by atoms with van der Waals surface area (Å²) in [5.74, 6) is -0.295. The van der Waals surface area contributed by atoms with Crippen LogP contribution in [0.1, 0.15) is 29.6 Å². The maximum Gasteiger partial charge on any atom is 0.255 e. The van der Waals surface area contributed by atoms with Gasteiger partial charge in [-0.25, -0.2) is 13.1 Å². The molecule has 3 heterocycles. The zero-order chi connectivity index (χ0) is 24.3. The number of nitrogens with one attached hydrogen (secondary N) is 1. The van der Waals surface area contributed by atoms with E-state index in [0.29, 0.717) is 37.6 Å². The van der Waals surface area contributed by atoms with E-state index in [1.54, 1.807) is 35.1 Å². The minimum Gasteiger partial charge on any atom is -0.379 e. The molecule has 0 spiro atoms. The number of piperidine rings is 1. The lowest BCUT2D eigenvalue weighted by molar-refractivity contribution is 0.0730. The van der Waals surface area contributed by atoms with E-state index in [4.69, 9.17) is 4.74 Å². The molecule has 0 unspecified atom stereocenters. The number of anilines is 2. The van der Waals surface area contributed by atoms with Crippen LogP contribution >= 0.6 is 0 Å². The van der Waals surface area contributed by atoms with Gasteiger partial charge in [0.05, 0.1) is 35.2 Å². The smallest absolute Gasteiger partial charge is 0.255 e. The lowest BCUT2D eigenvalue weighted by Gasteiger charge is -2.31. The monoisotopic (exact) mass is 495 g/mol. The van der Waals surface area contributed by atoms with E-state index in [1.807, 2.05) is 30.5 Å². The Hall–Kier alpha value is -3.21. The zero-order valence-corrected chi connectivity index (χ0v) is 20.3. The van der Waals surface area contributed by atoms with Crippen LogP contribution in [0, 0.1) is 0 Å². The Balaban J connectivity index is 1.44. The van der Waals surface area contributed by atoms with Crippen molar-refractivity contribution in [3.8, 4) is 5.69 Å². The van der Waals surface area contributed by atoms with E-state index >= 15 is 0 Å². The third-order valence-corrected chi connectivity index (χ3v) is 8.31. The maximum absolute atomic E-state index is 13.3. The number of aromatic nitrogens is 2. The second-order valence-electron chi connectivity index (χ2n) is 8.69. The zero-order valence-electron chi connectivity index (χ0n) is 19.5. The first-order chi connectivity index (χ1) is 17.0. The average molecular weight is 496 g/mol. The van der Waals surface area contributed by atoms with Gasteiger partial charge in [-0.1, -0.05) is 0 Å². The molecular weight excluding hydrogens is 466 g/mol. The highest BCUT2D eigenvalue weighted by Crippen LogP contribution is 2.32. The number of hydrogen-bond donors (Lipinski definition) is 1. The fourth-order valence-electron chi connectivity index (χ4n) is 4.50. The van der Waals surface area contributed by atoms with Crippen LogP contribution in [0.2, 0.25) is 0 Å². The van der Waals surface area contributed by atoms with Crippen molar-refractivity contribution in [2.75, 3.05) is 49.6 Å². The molecular formula is C25H29N5O4S. The minimum atomic E-state index is -3.69. The van der Waals surface area contributed by atoms with E-state index < -0.39 is 10.0 Å². The Morgan fingerprint density at radius 2 is 1.69 bits per heavy atom. The van der Waals surface area contributed by atoms with Crippen LogP contribution in [-0.4, -0.2) is 67.8 Å². The first kappa shape index (κ1) is 23.5. The van der Waals surface area contributed by atoms with Crippen LogP contribution in [0.15, 0.2) is 65.8 Å². The molecule has 2 fully saturated rings. The van der Waals surface area contributed by atoms with Gasteiger partial charge in [-0.2, -0.15) is 9.40 Å². The standard InChI is InChI=1S/C25H29N5O4S/c31-25(20-5-7-21(8-6-20)30-14-4-11-26-30)27-23-19-22(35(32,33)29-15-17-34-18-16-29)9-10-24(23)28-12-2-1-3-13-28/h4-11,14,19H,1-3,12-13,15-18H2,(H,27,31). The highest BCUT2D eigenvalue weighted by atomic mass is 32.2. The van der Waals surface area contributed by atoms with Gasteiger partial charge in [0.1, 0.15) is 0 Å². The van der Waals surface area contributed by atoms with E-state index in [2.05, 4.69) is 15.3 Å². The number of ether oxygens (including phenoxy) is 1. The van der Waals surface area contributed by atoms with E-state index in [0.717, 1.165) is 37.3 Å². The topological polar surface area (TPSA) is 96.8 Å². The van der Waals surface area contributed by atoms with Crippen LogP contribution in [0.3, 0.4) is 0 Å². The van der Waals surface area contributed by atoms with Crippen molar-refractivity contribution in [2.45, 2.75) is 24.2 Å². The van der Waals surface area contributed by atoms with Gasteiger partial charge in [-0.15, -0.1) is 0 Å². The third kappa shape index (κ3) is 5.09. The van der Waals surface area contributed by atoms with Gasteiger partial charge in [0.2, 0.25) is 10.0 Å². The summed E-state index contributed by atoms with van der Waals surface area (Å²) in [6.45, 7) is 3.14. The molecule has 0 aliphatic carbocycles. The van der Waals surface area contributed by atoms with Gasteiger partial charge in [0.15, 0.2) is 0 Å². The molecule has 1 amide bonds. The van der Waals surface area contributed by atoms with Crippen molar-refractivity contribution in [1.29, 1.82) is 0 Å². The molecule has 0 radical (unpaired) electrons. The van der Waals surface area contributed by atoms with Crippen LogP contribution in [-0.2, 0) is 14.8 Å². The number of benzene rings is 2. The summed E-state index contributed by atoms with van der Waals surface area (Å²) < 4.78 is 35.0. The molecule has 2 aliphatic rings. The Labute approximate surface area is 205 Å². The molecule has 1 N–H and O–H groups in total. The van der Waals surface area contributed by atoms with Crippen LogP contribution in [0.5, 0.6) is 0 Å². The molecule has 35 heavy (non-hydrogen) atoms. The minimum absolute atomic E-state index is 0.171. The van der Waals surface area contributed by atoms with Gasteiger partial charge in [-0.3, -0.25) is 4.79 Å². The number of carbonyl (C=O) groups excluding carboxylic acids is 1. The van der Waals surface area contributed by atoms with Gasteiger partial charge in [0, 0.05) is 44.1 Å². The summed E-state index contributed by atoms with van der Waals surface area (Å²) in [6, 6.07) is 14.0. The predicted octanol–water partition coefficient (Wildman–Crippen LogP) is 3.14. The number of rotatable bonds is 6.